The van der Waals surface area contributed by atoms with Gasteiger partial charge in [-0.2, -0.15) is 5.26 Å². The highest BCUT2D eigenvalue weighted by Gasteiger charge is 2.21. The number of nitrogens with zero attached hydrogens (tertiary/aromatic N) is 2. The van der Waals surface area contributed by atoms with E-state index < -0.39 is 0 Å². The standard InChI is InChI=1S/C20H23N3/c1-16-4-3-5-20(17(16)2)23-12-10-22(11-13-23)15-19-8-6-18(14-21)7-9-19/h3-9H,10-13,15H2,1-2H3/p+1. The Kier molecular flexibility index (Phi) is 4.64. The predicted octanol–water partition coefficient (Wildman–Crippen LogP) is 2.08. The van der Waals surface area contributed by atoms with Crippen molar-refractivity contribution in [2.45, 2.75) is 20.4 Å². The third-order valence-corrected chi connectivity index (χ3v) is 4.92. The molecule has 2 aromatic carbocycles. The number of rotatable bonds is 3. The van der Waals surface area contributed by atoms with Crippen molar-refractivity contribution in [1.82, 2.24) is 0 Å². The van der Waals surface area contributed by atoms with Crippen molar-refractivity contribution < 1.29 is 4.90 Å². The first-order valence-electron chi connectivity index (χ1n) is 8.31. The van der Waals surface area contributed by atoms with Gasteiger partial charge in [0.1, 0.15) is 6.54 Å². The molecule has 0 unspecified atom stereocenters. The third-order valence-electron chi connectivity index (χ3n) is 4.92. The molecule has 0 aromatic heterocycles. The fraction of sp³-hybridized carbons (Fsp3) is 0.350. The van der Waals surface area contributed by atoms with Gasteiger partial charge in [-0.05, 0) is 43.2 Å². The summed E-state index contributed by atoms with van der Waals surface area (Å²) in [4.78, 5) is 4.14. The van der Waals surface area contributed by atoms with Crippen LogP contribution in [0.1, 0.15) is 22.3 Å². The van der Waals surface area contributed by atoms with Crippen molar-refractivity contribution >= 4 is 5.69 Å². The van der Waals surface area contributed by atoms with Gasteiger partial charge < -0.3 is 9.80 Å². The minimum absolute atomic E-state index is 0.739. The summed E-state index contributed by atoms with van der Waals surface area (Å²) in [5, 5.41) is 8.87. The molecule has 0 radical (unpaired) electrons. The number of quaternary nitrogens is 1. The van der Waals surface area contributed by atoms with E-state index in [9.17, 15) is 0 Å². The van der Waals surface area contributed by atoms with Crippen LogP contribution in [0.25, 0.3) is 0 Å². The second-order valence-electron chi connectivity index (χ2n) is 6.44. The number of nitrogens with one attached hydrogen (secondary N) is 1. The molecule has 0 saturated carbocycles. The highest BCUT2D eigenvalue weighted by molar-refractivity contribution is 5.56. The average Bonchev–Trinajstić information content (AvgIpc) is 2.59. The monoisotopic (exact) mass is 306 g/mol. The fourth-order valence-electron chi connectivity index (χ4n) is 3.30. The van der Waals surface area contributed by atoms with E-state index in [0.717, 1.165) is 38.3 Å². The Morgan fingerprint density at radius 3 is 2.39 bits per heavy atom. The van der Waals surface area contributed by atoms with Crippen LogP contribution >= 0.6 is 0 Å². The molecule has 1 heterocycles. The lowest BCUT2D eigenvalue weighted by molar-refractivity contribution is -0.914. The van der Waals surface area contributed by atoms with Gasteiger partial charge in [-0.15, -0.1) is 0 Å². The quantitative estimate of drug-likeness (QED) is 0.941. The van der Waals surface area contributed by atoms with Crippen LogP contribution in [0.3, 0.4) is 0 Å². The van der Waals surface area contributed by atoms with E-state index in [2.05, 4.69) is 55.1 Å². The van der Waals surface area contributed by atoms with Gasteiger partial charge in [0.25, 0.3) is 0 Å². The number of nitriles is 1. The van der Waals surface area contributed by atoms with Gasteiger partial charge in [-0.3, -0.25) is 0 Å². The Morgan fingerprint density at radius 2 is 1.74 bits per heavy atom. The Bertz CT molecular complexity index is 705. The molecule has 0 amide bonds. The fourth-order valence-corrected chi connectivity index (χ4v) is 3.30. The maximum absolute atomic E-state index is 8.87. The van der Waals surface area contributed by atoms with Crippen LogP contribution in [-0.2, 0) is 6.54 Å². The summed E-state index contributed by atoms with van der Waals surface area (Å²) >= 11 is 0. The first-order valence-corrected chi connectivity index (χ1v) is 8.31. The van der Waals surface area contributed by atoms with Crippen LogP contribution < -0.4 is 9.80 Å². The molecule has 0 bridgehead atoms. The Morgan fingerprint density at radius 1 is 1.04 bits per heavy atom. The number of hydrogen-bond donors (Lipinski definition) is 1. The topological polar surface area (TPSA) is 31.5 Å². The second kappa shape index (κ2) is 6.85. The van der Waals surface area contributed by atoms with Crippen molar-refractivity contribution in [2.75, 3.05) is 31.1 Å². The SMILES string of the molecule is Cc1cccc(N2CC[NH+](Cc3ccc(C#N)cc3)CC2)c1C. The zero-order valence-corrected chi connectivity index (χ0v) is 14.0. The molecule has 118 valence electrons. The molecule has 2 aromatic rings. The lowest BCUT2D eigenvalue weighted by atomic mass is 10.1. The number of piperazine rings is 1. The van der Waals surface area contributed by atoms with Gasteiger partial charge in [0.05, 0.1) is 37.8 Å². The summed E-state index contributed by atoms with van der Waals surface area (Å²) in [7, 11) is 0. The molecular formula is C20H24N3+. The van der Waals surface area contributed by atoms with E-state index in [4.69, 9.17) is 5.26 Å². The molecule has 23 heavy (non-hydrogen) atoms. The third kappa shape index (κ3) is 3.55. The van der Waals surface area contributed by atoms with Crippen LogP contribution in [-0.4, -0.2) is 26.2 Å². The van der Waals surface area contributed by atoms with E-state index in [-0.39, 0.29) is 0 Å². The lowest BCUT2D eigenvalue weighted by Gasteiger charge is -2.34. The summed E-state index contributed by atoms with van der Waals surface area (Å²) < 4.78 is 0. The maximum atomic E-state index is 8.87. The molecule has 1 aliphatic heterocycles. The average molecular weight is 306 g/mol. The van der Waals surface area contributed by atoms with Gasteiger partial charge in [-0.25, -0.2) is 0 Å². The van der Waals surface area contributed by atoms with Crippen LogP contribution in [0.2, 0.25) is 0 Å². The summed E-state index contributed by atoms with van der Waals surface area (Å²) in [6.07, 6.45) is 0. The molecular weight excluding hydrogens is 282 g/mol. The molecule has 3 nitrogen and oxygen atoms in total. The van der Waals surface area contributed by atoms with Crippen molar-refractivity contribution in [3.05, 3.63) is 64.7 Å². The minimum Gasteiger partial charge on any atom is -0.360 e. The molecule has 1 aliphatic rings. The highest BCUT2D eigenvalue weighted by Crippen LogP contribution is 2.22. The molecule has 3 rings (SSSR count). The van der Waals surface area contributed by atoms with Crippen LogP contribution in [0, 0.1) is 25.2 Å². The summed E-state index contributed by atoms with van der Waals surface area (Å²) in [5.74, 6) is 0. The van der Waals surface area contributed by atoms with Crippen molar-refractivity contribution in [1.29, 1.82) is 5.26 Å². The summed E-state index contributed by atoms with van der Waals surface area (Å²) in [6, 6.07) is 16.8. The Labute approximate surface area is 138 Å². The van der Waals surface area contributed by atoms with E-state index in [1.54, 1.807) is 4.90 Å². The summed E-state index contributed by atoms with van der Waals surface area (Å²) in [6.45, 7) is 9.99. The lowest BCUT2D eigenvalue weighted by Crippen LogP contribution is -3.13. The van der Waals surface area contributed by atoms with Crippen LogP contribution in [0.15, 0.2) is 42.5 Å². The molecule has 1 N–H and O–H groups in total. The van der Waals surface area contributed by atoms with E-state index >= 15 is 0 Å². The number of hydrogen-bond acceptors (Lipinski definition) is 2. The van der Waals surface area contributed by atoms with Gasteiger partial charge in [0.2, 0.25) is 0 Å². The smallest absolute Gasteiger partial charge is 0.103 e. The highest BCUT2D eigenvalue weighted by atomic mass is 15.3. The zero-order valence-electron chi connectivity index (χ0n) is 14.0. The largest absolute Gasteiger partial charge is 0.360 e. The van der Waals surface area contributed by atoms with Gasteiger partial charge in [-0.1, -0.05) is 24.3 Å². The van der Waals surface area contributed by atoms with Crippen molar-refractivity contribution in [2.24, 2.45) is 0 Å². The molecule has 0 aliphatic carbocycles. The molecule has 1 saturated heterocycles. The van der Waals surface area contributed by atoms with Gasteiger partial charge in [0, 0.05) is 11.3 Å². The minimum atomic E-state index is 0.739. The van der Waals surface area contributed by atoms with Crippen molar-refractivity contribution in [3.63, 3.8) is 0 Å². The summed E-state index contributed by atoms with van der Waals surface area (Å²) in [5.41, 5.74) is 6.23. The second-order valence-corrected chi connectivity index (χ2v) is 6.44. The Balaban J connectivity index is 1.60. The normalized spacial score (nSPS) is 15.4. The zero-order chi connectivity index (χ0) is 16.2. The number of benzene rings is 2. The van der Waals surface area contributed by atoms with E-state index in [0.29, 0.717) is 0 Å². The van der Waals surface area contributed by atoms with E-state index in [1.165, 1.54) is 22.4 Å². The van der Waals surface area contributed by atoms with Crippen LogP contribution in [0.5, 0.6) is 0 Å². The first-order chi connectivity index (χ1) is 11.2. The van der Waals surface area contributed by atoms with E-state index in [1.807, 2.05) is 12.1 Å². The maximum Gasteiger partial charge on any atom is 0.103 e. The number of aryl methyl sites for hydroxylation is 1. The molecule has 0 atom stereocenters. The Hall–Kier alpha value is -2.31. The first kappa shape index (κ1) is 15.6. The molecule has 3 heteroatoms. The number of anilines is 1. The van der Waals surface area contributed by atoms with Crippen molar-refractivity contribution in [3.8, 4) is 6.07 Å². The van der Waals surface area contributed by atoms with Gasteiger partial charge in [0.15, 0.2) is 0 Å². The van der Waals surface area contributed by atoms with Gasteiger partial charge >= 0.3 is 0 Å². The van der Waals surface area contributed by atoms with Crippen LogP contribution in [0.4, 0.5) is 5.69 Å². The molecule has 1 fully saturated rings. The molecule has 0 spiro atoms. The predicted molar refractivity (Wildman–Crippen MR) is 93.7 cm³/mol.